The predicted molar refractivity (Wildman–Crippen MR) is 67.7 cm³/mol. The van der Waals surface area contributed by atoms with Crippen molar-refractivity contribution in [2.75, 3.05) is 13.7 Å². The molecule has 3 rings (SSSR count). The van der Waals surface area contributed by atoms with E-state index in [0.717, 1.165) is 12.3 Å². The third kappa shape index (κ3) is 1.70. The summed E-state index contributed by atoms with van der Waals surface area (Å²) in [6, 6.07) is 7.15. The van der Waals surface area contributed by atoms with E-state index in [9.17, 15) is 0 Å². The molecule has 1 fully saturated rings. The summed E-state index contributed by atoms with van der Waals surface area (Å²) in [6.07, 6.45) is 3.74. The number of ether oxygens (including phenoxy) is 1. The van der Waals surface area contributed by atoms with Gasteiger partial charge in [-0.05, 0) is 37.4 Å². The summed E-state index contributed by atoms with van der Waals surface area (Å²) in [4.78, 5) is 0. The number of hydrogen-bond donors (Lipinski definition) is 1. The zero-order valence-electron chi connectivity index (χ0n) is 9.53. The van der Waals surface area contributed by atoms with E-state index in [2.05, 4.69) is 23.5 Å². The number of aryl methyl sites for hydroxylation is 1. The molecule has 0 bridgehead atoms. The molecule has 0 amide bonds. The lowest BCUT2D eigenvalue weighted by molar-refractivity contribution is 0.391. The van der Waals surface area contributed by atoms with Gasteiger partial charge in [0.2, 0.25) is 0 Å². The van der Waals surface area contributed by atoms with Gasteiger partial charge in [-0.1, -0.05) is 12.1 Å². The van der Waals surface area contributed by atoms with Gasteiger partial charge in [-0.25, -0.2) is 0 Å². The number of rotatable bonds is 1. The largest absolute Gasteiger partial charge is 0.496 e. The Balaban J connectivity index is 0.000000963. The van der Waals surface area contributed by atoms with Crippen molar-refractivity contribution in [1.82, 2.24) is 5.32 Å². The molecule has 0 radical (unpaired) electrons. The summed E-state index contributed by atoms with van der Waals surface area (Å²) < 4.78 is 5.49. The van der Waals surface area contributed by atoms with Gasteiger partial charge in [-0.2, -0.15) is 0 Å². The van der Waals surface area contributed by atoms with Gasteiger partial charge < -0.3 is 10.1 Å². The number of methoxy groups -OCH3 is 1. The first-order valence-electron chi connectivity index (χ1n) is 5.79. The molecule has 0 saturated carbocycles. The SMILES string of the molecule is COc1cccc2c1C1CCNC1CC2.Cl. The monoisotopic (exact) mass is 239 g/mol. The van der Waals surface area contributed by atoms with Crippen molar-refractivity contribution in [3.05, 3.63) is 29.3 Å². The van der Waals surface area contributed by atoms with Crippen molar-refractivity contribution in [3.63, 3.8) is 0 Å². The highest BCUT2D eigenvalue weighted by Crippen LogP contribution is 2.41. The van der Waals surface area contributed by atoms with Crippen LogP contribution >= 0.6 is 12.4 Å². The van der Waals surface area contributed by atoms with Crippen LogP contribution in [-0.4, -0.2) is 19.7 Å². The minimum Gasteiger partial charge on any atom is -0.496 e. The third-order valence-corrected chi connectivity index (χ3v) is 3.82. The fraction of sp³-hybridized carbons (Fsp3) is 0.538. The molecule has 1 saturated heterocycles. The molecule has 1 aromatic rings. The standard InChI is InChI=1S/C13H17NO.ClH/c1-15-12-4-2-3-9-5-6-11-10(13(9)12)7-8-14-11;/h2-4,10-11,14H,5-8H2,1H3;1H. The molecule has 16 heavy (non-hydrogen) atoms. The molecule has 2 nitrogen and oxygen atoms in total. The van der Waals surface area contributed by atoms with Gasteiger partial charge in [0.1, 0.15) is 5.75 Å². The highest BCUT2D eigenvalue weighted by atomic mass is 35.5. The lowest BCUT2D eigenvalue weighted by atomic mass is 9.79. The number of fused-ring (bicyclic) bond motifs is 3. The zero-order chi connectivity index (χ0) is 10.3. The molecule has 0 spiro atoms. The first kappa shape index (κ1) is 11.7. The lowest BCUT2D eigenvalue weighted by Crippen LogP contribution is -2.30. The quantitative estimate of drug-likeness (QED) is 0.813. The van der Waals surface area contributed by atoms with Crippen molar-refractivity contribution in [2.24, 2.45) is 0 Å². The van der Waals surface area contributed by atoms with Crippen LogP contribution in [0.15, 0.2) is 18.2 Å². The number of halogens is 1. The molecule has 3 heteroatoms. The fourth-order valence-corrected chi connectivity index (χ4v) is 3.13. The van der Waals surface area contributed by atoms with Crippen molar-refractivity contribution in [3.8, 4) is 5.75 Å². The molecule has 2 unspecified atom stereocenters. The average Bonchev–Trinajstić information content (AvgIpc) is 2.76. The summed E-state index contributed by atoms with van der Waals surface area (Å²) in [5.41, 5.74) is 2.97. The second-order valence-electron chi connectivity index (χ2n) is 4.53. The van der Waals surface area contributed by atoms with Gasteiger partial charge in [-0.15, -0.1) is 12.4 Å². The first-order valence-corrected chi connectivity index (χ1v) is 5.79. The van der Waals surface area contributed by atoms with Crippen LogP contribution in [0.3, 0.4) is 0 Å². The topological polar surface area (TPSA) is 21.3 Å². The van der Waals surface area contributed by atoms with Crippen molar-refractivity contribution in [1.29, 1.82) is 0 Å². The van der Waals surface area contributed by atoms with Crippen LogP contribution in [0.5, 0.6) is 5.75 Å². The van der Waals surface area contributed by atoms with Crippen molar-refractivity contribution in [2.45, 2.75) is 31.2 Å². The molecule has 1 heterocycles. The van der Waals surface area contributed by atoms with E-state index in [1.165, 1.54) is 30.4 Å². The van der Waals surface area contributed by atoms with E-state index in [0.29, 0.717) is 12.0 Å². The molecule has 2 aliphatic rings. The van der Waals surface area contributed by atoms with Gasteiger partial charge in [0.25, 0.3) is 0 Å². The average molecular weight is 240 g/mol. The molecule has 88 valence electrons. The van der Waals surface area contributed by atoms with Crippen molar-refractivity contribution < 1.29 is 4.74 Å². The van der Waals surface area contributed by atoms with Gasteiger partial charge in [0.15, 0.2) is 0 Å². The normalized spacial score (nSPS) is 26.6. The Morgan fingerprint density at radius 2 is 2.19 bits per heavy atom. The van der Waals surface area contributed by atoms with Crippen LogP contribution in [0.1, 0.15) is 29.9 Å². The third-order valence-electron chi connectivity index (χ3n) is 3.82. The van der Waals surface area contributed by atoms with Crippen LogP contribution in [0.4, 0.5) is 0 Å². The summed E-state index contributed by atoms with van der Waals surface area (Å²) >= 11 is 0. The Bertz CT molecular complexity index is 366. The molecule has 2 atom stereocenters. The van der Waals surface area contributed by atoms with E-state index >= 15 is 0 Å². The smallest absolute Gasteiger partial charge is 0.122 e. The minimum absolute atomic E-state index is 0. The van der Waals surface area contributed by atoms with Crippen LogP contribution < -0.4 is 10.1 Å². The van der Waals surface area contributed by atoms with E-state index in [-0.39, 0.29) is 12.4 Å². The Morgan fingerprint density at radius 1 is 1.31 bits per heavy atom. The number of benzene rings is 1. The lowest BCUT2D eigenvalue weighted by Gasteiger charge is -2.29. The van der Waals surface area contributed by atoms with Crippen molar-refractivity contribution >= 4 is 12.4 Å². The number of hydrogen-bond acceptors (Lipinski definition) is 2. The van der Waals surface area contributed by atoms with E-state index in [1.807, 2.05) is 0 Å². The Kier molecular flexibility index (Phi) is 3.41. The van der Waals surface area contributed by atoms with Gasteiger partial charge in [-0.3, -0.25) is 0 Å². The molecule has 1 N–H and O–H groups in total. The maximum Gasteiger partial charge on any atom is 0.122 e. The van der Waals surface area contributed by atoms with Gasteiger partial charge in [0.05, 0.1) is 7.11 Å². The predicted octanol–water partition coefficient (Wildman–Crippen LogP) is 2.51. The van der Waals surface area contributed by atoms with Gasteiger partial charge in [0, 0.05) is 17.5 Å². The summed E-state index contributed by atoms with van der Waals surface area (Å²) in [7, 11) is 1.78. The second kappa shape index (κ2) is 4.64. The highest BCUT2D eigenvalue weighted by Gasteiger charge is 2.34. The van der Waals surface area contributed by atoms with E-state index in [4.69, 9.17) is 4.74 Å². The zero-order valence-corrected chi connectivity index (χ0v) is 10.3. The number of nitrogens with one attached hydrogen (secondary N) is 1. The van der Waals surface area contributed by atoms with Crippen LogP contribution in [0.2, 0.25) is 0 Å². The van der Waals surface area contributed by atoms with Crippen LogP contribution in [-0.2, 0) is 6.42 Å². The summed E-state index contributed by atoms with van der Waals surface area (Å²) in [6.45, 7) is 1.16. The molecule has 0 aromatic heterocycles. The summed E-state index contributed by atoms with van der Waals surface area (Å²) in [5, 5.41) is 3.60. The minimum atomic E-state index is 0. The molecular weight excluding hydrogens is 222 g/mol. The maximum absolute atomic E-state index is 5.49. The van der Waals surface area contributed by atoms with E-state index in [1.54, 1.807) is 7.11 Å². The van der Waals surface area contributed by atoms with Gasteiger partial charge >= 0.3 is 0 Å². The van der Waals surface area contributed by atoms with Crippen LogP contribution in [0.25, 0.3) is 0 Å². The molecule has 1 aliphatic heterocycles. The molecule has 1 aromatic carbocycles. The van der Waals surface area contributed by atoms with E-state index < -0.39 is 0 Å². The fourth-order valence-electron chi connectivity index (χ4n) is 3.13. The Labute approximate surface area is 103 Å². The highest BCUT2D eigenvalue weighted by molar-refractivity contribution is 5.85. The molecular formula is C13H18ClNO. The Hall–Kier alpha value is -0.730. The molecule has 1 aliphatic carbocycles. The van der Waals surface area contributed by atoms with Crippen LogP contribution in [0, 0.1) is 0 Å². The summed E-state index contributed by atoms with van der Waals surface area (Å²) in [5.74, 6) is 1.77. The first-order chi connectivity index (χ1) is 7.40. The second-order valence-corrected chi connectivity index (χ2v) is 4.53. The Morgan fingerprint density at radius 3 is 3.00 bits per heavy atom. The maximum atomic E-state index is 5.49.